The van der Waals surface area contributed by atoms with Gasteiger partial charge in [0, 0.05) is 12.3 Å². The van der Waals surface area contributed by atoms with Crippen LogP contribution in [-0.4, -0.2) is 44.5 Å². The molecule has 6 heteroatoms. The van der Waals surface area contributed by atoms with E-state index < -0.39 is 14.6 Å². The van der Waals surface area contributed by atoms with Gasteiger partial charge in [-0.05, 0) is 44.7 Å². The van der Waals surface area contributed by atoms with Crippen molar-refractivity contribution in [3.8, 4) is 0 Å². The Labute approximate surface area is 128 Å². The Morgan fingerprint density at radius 3 is 2.52 bits per heavy atom. The maximum atomic E-state index is 12.7. The first-order chi connectivity index (χ1) is 9.89. The summed E-state index contributed by atoms with van der Waals surface area (Å²) in [6.07, 6.45) is 7.39. The molecule has 0 aromatic rings. The van der Waals surface area contributed by atoms with Crippen LogP contribution in [0.5, 0.6) is 0 Å². The van der Waals surface area contributed by atoms with Gasteiger partial charge in [-0.25, -0.2) is 8.42 Å². The monoisotopic (exact) mass is 316 g/mol. The lowest BCUT2D eigenvalue weighted by molar-refractivity contribution is -0.125. The third-order valence-corrected chi connectivity index (χ3v) is 7.24. The second-order valence-electron chi connectivity index (χ2n) is 6.63. The normalized spacial score (nSPS) is 29.8. The molecule has 2 atom stereocenters. The molecule has 1 saturated carbocycles. The first-order valence-corrected chi connectivity index (χ1v) is 9.99. The molecule has 21 heavy (non-hydrogen) atoms. The van der Waals surface area contributed by atoms with Gasteiger partial charge in [0.05, 0.1) is 0 Å². The lowest BCUT2D eigenvalue weighted by Gasteiger charge is -2.37. The van der Waals surface area contributed by atoms with E-state index >= 15 is 0 Å². The molecule has 2 rings (SSSR count). The number of carbonyl (C=O) groups is 1. The maximum Gasteiger partial charge on any atom is 0.241 e. The number of sulfone groups is 1. The zero-order valence-corrected chi connectivity index (χ0v) is 14.0. The van der Waals surface area contributed by atoms with Gasteiger partial charge >= 0.3 is 0 Å². The molecule has 1 amide bonds. The van der Waals surface area contributed by atoms with Crippen LogP contribution in [0, 0.1) is 5.92 Å². The molecule has 0 spiro atoms. The van der Waals surface area contributed by atoms with E-state index in [9.17, 15) is 13.2 Å². The average Bonchev–Trinajstić information content (AvgIpc) is 2.47. The minimum Gasteiger partial charge on any atom is -0.352 e. The molecule has 1 aliphatic heterocycles. The Morgan fingerprint density at radius 2 is 1.95 bits per heavy atom. The summed E-state index contributed by atoms with van der Waals surface area (Å²) in [6.45, 7) is 3.35. The molecule has 122 valence electrons. The summed E-state index contributed by atoms with van der Waals surface area (Å²) < 4.78 is 23.2. The Bertz CT molecular complexity index is 469. The van der Waals surface area contributed by atoms with Crippen molar-refractivity contribution < 1.29 is 13.2 Å². The highest BCUT2D eigenvalue weighted by Gasteiger charge is 2.49. The van der Waals surface area contributed by atoms with Crippen molar-refractivity contribution in [3.63, 3.8) is 0 Å². The predicted octanol–water partition coefficient (Wildman–Crippen LogP) is 1.24. The molecule has 0 aromatic heterocycles. The van der Waals surface area contributed by atoms with Gasteiger partial charge < -0.3 is 10.6 Å². The van der Waals surface area contributed by atoms with Gasteiger partial charge in [-0.2, -0.15) is 0 Å². The number of nitrogens with one attached hydrogen (secondary N) is 2. The summed E-state index contributed by atoms with van der Waals surface area (Å²) in [6, 6.07) is 0.143. The lowest BCUT2D eigenvalue weighted by Crippen LogP contribution is -2.59. The number of rotatable bonds is 4. The maximum absolute atomic E-state index is 12.7. The summed E-state index contributed by atoms with van der Waals surface area (Å²) in [5.41, 5.74) is 0. The van der Waals surface area contributed by atoms with E-state index in [1.807, 2.05) is 0 Å². The van der Waals surface area contributed by atoms with Crippen molar-refractivity contribution in [2.45, 2.75) is 62.7 Å². The average molecular weight is 316 g/mol. The van der Waals surface area contributed by atoms with Crippen LogP contribution in [0.15, 0.2) is 0 Å². The highest BCUT2D eigenvalue weighted by atomic mass is 32.2. The van der Waals surface area contributed by atoms with E-state index in [0.29, 0.717) is 31.8 Å². The van der Waals surface area contributed by atoms with Crippen LogP contribution in [-0.2, 0) is 14.6 Å². The van der Waals surface area contributed by atoms with Crippen molar-refractivity contribution in [1.29, 1.82) is 0 Å². The first-order valence-electron chi connectivity index (χ1n) is 8.10. The van der Waals surface area contributed by atoms with Gasteiger partial charge in [-0.3, -0.25) is 4.79 Å². The molecule has 0 radical (unpaired) electrons. The van der Waals surface area contributed by atoms with Crippen molar-refractivity contribution in [1.82, 2.24) is 10.6 Å². The van der Waals surface area contributed by atoms with Crippen molar-refractivity contribution in [3.05, 3.63) is 0 Å². The molecule has 2 N–H and O–H groups in total. The van der Waals surface area contributed by atoms with Crippen LogP contribution in [0.4, 0.5) is 0 Å². The van der Waals surface area contributed by atoms with Crippen LogP contribution < -0.4 is 10.6 Å². The van der Waals surface area contributed by atoms with Gasteiger partial charge in [0.15, 0.2) is 14.6 Å². The lowest BCUT2D eigenvalue weighted by atomic mass is 9.83. The molecule has 5 nitrogen and oxygen atoms in total. The van der Waals surface area contributed by atoms with Gasteiger partial charge in [-0.15, -0.1) is 0 Å². The Balaban J connectivity index is 2.09. The largest absolute Gasteiger partial charge is 0.352 e. The summed E-state index contributed by atoms with van der Waals surface area (Å²) in [7, 11) is -3.41. The van der Waals surface area contributed by atoms with Gasteiger partial charge in [0.1, 0.15) is 0 Å². The second-order valence-corrected chi connectivity index (χ2v) is 8.95. The van der Waals surface area contributed by atoms with E-state index in [4.69, 9.17) is 0 Å². The van der Waals surface area contributed by atoms with Gasteiger partial charge in [-0.1, -0.05) is 26.2 Å². The van der Waals surface area contributed by atoms with Crippen molar-refractivity contribution in [2.24, 2.45) is 5.92 Å². The highest BCUT2D eigenvalue weighted by molar-refractivity contribution is 7.92. The number of hydrogen-bond donors (Lipinski definition) is 2. The van der Waals surface area contributed by atoms with E-state index in [2.05, 4.69) is 17.6 Å². The number of piperidine rings is 1. The number of carbonyl (C=O) groups excluding carboxylic acids is 1. The third-order valence-electron chi connectivity index (χ3n) is 5.23. The fourth-order valence-electron chi connectivity index (χ4n) is 3.71. The molecule has 1 aliphatic carbocycles. The minimum absolute atomic E-state index is 0.143. The molecule has 2 unspecified atom stereocenters. The predicted molar refractivity (Wildman–Crippen MR) is 83.9 cm³/mol. The summed E-state index contributed by atoms with van der Waals surface area (Å²) in [5.74, 6) is 0.388. The smallest absolute Gasteiger partial charge is 0.241 e. The van der Waals surface area contributed by atoms with Gasteiger partial charge in [0.25, 0.3) is 0 Å². The fraction of sp³-hybridized carbons (Fsp3) is 0.933. The van der Waals surface area contributed by atoms with Crippen LogP contribution >= 0.6 is 0 Å². The van der Waals surface area contributed by atoms with Crippen molar-refractivity contribution >= 4 is 15.7 Å². The summed E-state index contributed by atoms with van der Waals surface area (Å²) in [5, 5.41) is 6.20. The van der Waals surface area contributed by atoms with Gasteiger partial charge in [0.2, 0.25) is 5.91 Å². The molecular weight excluding hydrogens is 288 g/mol. The minimum atomic E-state index is -3.41. The Hall–Kier alpha value is -0.620. The highest BCUT2D eigenvalue weighted by Crippen LogP contribution is 2.31. The van der Waals surface area contributed by atoms with Crippen LogP contribution in [0.3, 0.4) is 0 Å². The standard InChI is InChI=1S/C15H28N2O3S/c1-3-12-5-4-6-13(11-12)17-14(18)15(21(2,19)20)7-9-16-10-8-15/h12-13,16H,3-11H2,1-2H3,(H,17,18). The Kier molecular flexibility index (Phi) is 5.30. The van der Waals surface area contributed by atoms with Crippen LogP contribution in [0.1, 0.15) is 51.9 Å². The quantitative estimate of drug-likeness (QED) is 0.818. The molecule has 0 aromatic carbocycles. The van der Waals surface area contributed by atoms with Crippen LogP contribution in [0.2, 0.25) is 0 Å². The molecule has 0 bridgehead atoms. The van der Waals surface area contributed by atoms with E-state index in [1.165, 1.54) is 12.7 Å². The molecule has 1 saturated heterocycles. The number of amides is 1. The fourth-order valence-corrected chi connectivity index (χ4v) is 5.05. The van der Waals surface area contributed by atoms with Crippen molar-refractivity contribution in [2.75, 3.05) is 19.3 Å². The van der Waals surface area contributed by atoms with E-state index in [0.717, 1.165) is 25.7 Å². The zero-order valence-electron chi connectivity index (χ0n) is 13.2. The summed E-state index contributed by atoms with van der Waals surface area (Å²) in [4.78, 5) is 12.7. The summed E-state index contributed by atoms with van der Waals surface area (Å²) >= 11 is 0. The number of hydrogen-bond acceptors (Lipinski definition) is 4. The molecule has 1 heterocycles. The van der Waals surface area contributed by atoms with Crippen LogP contribution in [0.25, 0.3) is 0 Å². The molecule has 2 aliphatic rings. The van der Waals surface area contributed by atoms with E-state index in [1.54, 1.807) is 0 Å². The Morgan fingerprint density at radius 1 is 1.29 bits per heavy atom. The topological polar surface area (TPSA) is 75.3 Å². The SMILES string of the molecule is CCC1CCCC(NC(=O)C2(S(C)(=O)=O)CCNCC2)C1. The first kappa shape index (κ1) is 16.7. The molecular formula is C15H28N2O3S. The van der Waals surface area contributed by atoms with E-state index in [-0.39, 0.29) is 11.9 Å². The third kappa shape index (κ3) is 3.59. The molecule has 2 fully saturated rings. The second kappa shape index (κ2) is 6.65. The zero-order chi connectivity index (χ0) is 15.5.